The lowest BCUT2D eigenvalue weighted by atomic mass is 9.47. The third kappa shape index (κ3) is 3.48. The van der Waals surface area contributed by atoms with Crippen LogP contribution in [0, 0.1) is 40.4 Å². The zero-order valence-electron chi connectivity index (χ0n) is 21.2. The normalized spacial score (nSPS) is 43.8. The van der Waals surface area contributed by atoms with Crippen molar-refractivity contribution >= 4 is 0 Å². The number of hydrogen-bond acceptors (Lipinski definition) is 3. The van der Waals surface area contributed by atoms with Crippen LogP contribution >= 0.6 is 0 Å². The molecule has 5 aliphatic rings. The van der Waals surface area contributed by atoms with Gasteiger partial charge in [0.25, 0.3) is 0 Å². The molecule has 3 heteroatoms. The maximum Gasteiger partial charge on any atom is 0.174 e. The van der Waals surface area contributed by atoms with Crippen LogP contribution < -0.4 is 0 Å². The highest BCUT2D eigenvalue weighted by Gasteiger charge is 2.59. The second-order valence-corrected chi connectivity index (χ2v) is 12.7. The predicted octanol–water partition coefficient (Wildman–Crippen LogP) is 6.66. The second-order valence-electron chi connectivity index (χ2n) is 12.7. The van der Waals surface area contributed by atoms with Gasteiger partial charge in [-0.05, 0) is 85.9 Å². The summed E-state index contributed by atoms with van der Waals surface area (Å²) in [5, 5.41) is 10.3. The summed E-state index contributed by atoms with van der Waals surface area (Å²) in [6.07, 6.45) is 15.3. The minimum absolute atomic E-state index is 0.117. The molecule has 1 heterocycles. The Hall–Kier alpha value is -0.640. The summed E-state index contributed by atoms with van der Waals surface area (Å²) in [5.41, 5.74) is 3.79. The van der Waals surface area contributed by atoms with E-state index in [2.05, 4.69) is 46.8 Å². The van der Waals surface area contributed by atoms with Crippen molar-refractivity contribution in [3.63, 3.8) is 0 Å². The molecule has 0 aromatic rings. The van der Waals surface area contributed by atoms with Crippen molar-refractivity contribution in [1.29, 1.82) is 0 Å². The molecule has 1 saturated heterocycles. The van der Waals surface area contributed by atoms with Gasteiger partial charge in [0, 0.05) is 12.3 Å². The molecule has 5 rings (SSSR count). The number of ether oxygens (including phenoxy) is 2. The molecule has 1 aliphatic heterocycles. The molecule has 0 amide bonds. The van der Waals surface area contributed by atoms with Crippen molar-refractivity contribution < 1.29 is 14.6 Å². The maximum absolute atomic E-state index is 10.3. The molecule has 0 radical (unpaired) electrons. The molecule has 1 N–H and O–H groups in total. The van der Waals surface area contributed by atoms with Gasteiger partial charge in [-0.2, -0.15) is 0 Å². The van der Waals surface area contributed by atoms with Crippen molar-refractivity contribution in [3.8, 4) is 0 Å². The van der Waals surface area contributed by atoms with E-state index in [1.807, 2.05) is 0 Å². The first-order chi connectivity index (χ1) is 15.2. The Balaban J connectivity index is 1.39. The van der Waals surface area contributed by atoms with Crippen LogP contribution in [0.25, 0.3) is 0 Å². The monoisotopic (exact) mass is 442 g/mol. The highest BCUT2D eigenvalue weighted by atomic mass is 16.7. The minimum Gasteiger partial charge on any atom is -0.393 e. The Kier molecular flexibility index (Phi) is 5.95. The summed E-state index contributed by atoms with van der Waals surface area (Å²) in [4.78, 5) is 0. The average Bonchev–Trinajstić information content (AvgIpc) is 3.37. The summed E-state index contributed by atoms with van der Waals surface area (Å²) in [5.74, 6) is 2.87. The first-order valence-corrected chi connectivity index (χ1v) is 13.6. The first-order valence-electron chi connectivity index (χ1n) is 13.6. The minimum atomic E-state index is -0.421. The van der Waals surface area contributed by atoms with Crippen LogP contribution in [0.5, 0.6) is 0 Å². The molecule has 7 atom stereocenters. The molecule has 3 fully saturated rings. The van der Waals surface area contributed by atoms with Gasteiger partial charge in [-0.1, -0.05) is 57.9 Å². The van der Waals surface area contributed by atoms with E-state index in [4.69, 9.17) is 9.47 Å². The van der Waals surface area contributed by atoms with Gasteiger partial charge < -0.3 is 14.6 Å². The topological polar surface area (TPSA) is 38.7 Å². The molecule has 2 saturated carbocycles. The Labute approximate surface area is 196 Å². The predicted molar refractivity (Wildman–Crippen MR) is 129 cm³/mol. The molecule has 180 valence electrons. The van der Waals surface area contributed by atoms with Gasteiger partial charge in [-0.15, -0.1) is 0 Å². The van der Waals surface area contributed by atoms with E-state index in [0.29, 0.717) is 17.3 Å². The molecule has 0 aromatic carbocycles. The lowest BCUT2D eigenvalue weighted by Crippen LogP contribution is -2.51. The largest absolute Gasteiger partial charge is 0.393 e. The van der Waals surface area contributed by atoms with E-state index in [1.165, 1.54) is 32.1 Å². The summed E-state index contributed by atoms with van der Waals surface area (Å²) in [6, 6.07) is 0. The Morgan fingerprint density at radius 3 is 2.41 bits per heavy atom. The number of aliphatic hydroxyl groups excluding tert-OH is 1. The Bertz CT molecular complexity index is 775. The van der Waals surface area contributed by atoms with E-state index in [9.17, 15) is 5.11 Å². The zero-order chi connectivity index (χ0) is 22.7. The van der Waals surface area contributed by atoms with Crippen LogP contribution in [0.3, 0.4) is 0 Å². The smallest absolute Gasteiger partial charge is 0.174 e. The maximum atomic E-state index is 10.3. The second kappa shape index (κ2) is 8.24. The number of allylic oxidation sites excluding steroid dienone is 2. The summed E-state index contributed by atoms with van der Waals surface area (Å²) >= 11 is 0. The van der Waals surface area contributed by atoms with Gasteiger partial charge >= 0.3 is 0 Å². The van der Waals surface area contributed by atoms with Crippen LogP contribution in [0.1, 0.15) is 92.4 Å². The van der Waals surface area contributed by atoms with Gasteiger partial charge in [0.2, 0.25) is 0 Å². The van der Waals surface area contributed by atoms with Crippen LogP contribution in [-0.2, 0) is 9.47 Å². The molecule has 0 bridgehead atoms. The number of fused-ring (bicyclic) bond motifs is 5. The third-order valence-electron chi connectivity index (χ3n) is 10.7. The molecule has 32 heavy (non-hydrogen) atoms. The van der Waals surface area contributed by atoms with Gasteiger partial charge in [0.1, 0.15) is 0 Å². The van der Waals surface area contributed by atoms with E-state index in [1.54, 1.807) is 11.1 Å². The first kappa shape index (κ1) is 23.1. The quantitative estimate of drug-likeness (QED) is 0.484. The third-order valence-corrected chi connectivity index (χ3v) is 10.7. The molecule has 0 aromatic heterocycles. The highest BCUT2D eigenvalue weighted by molar-refractivity contribution is 5.32. The lowest BCUT2D eigenvalue weighted by Gasteiger charge is -2.58. The molecule has 0 spiro atoms. The zero-order valence-corrected chi connectivity index (χ0v) is 21.2. The molecular formula is C29H46O3. The van der Waals surface area contributed by atoms with Crippen LogP contribution in [0.15, 0.2) is 23.3 Å². The van der Waals surface area contributed by atoms with E-state index < -0.39 is 5.79 Å². The van der Waals surface area contributed by atoms with Gasteiger partial charge in [0.15, 0.2) is 5.79 Å². The van der Waals surface area contributed by atoms with Crippen LogP contribution in [-0.4, -0.2) is 30.2 Å². The standard InChI is InChI=1S/C29H46O3/c1-19(2)10-15-29(31-16-17-32-29)20(3)24-8-9-25-23-7-6-21-18-22(30)11-13-27(21,4)26(23)12-14-28(24,25)5/h6,8,19-20,22-23,25-26,30H,7,9-18H2,1-5H3/t20-,22-,23-,25-,26-,27-,28+/m0/s1. The van der Waals surface area contributed by atoms with E-state index >= 15 is 0 Å². The summed E-state index contributed by atoms with van der Waals surface area (Å²) in [6.45, 7) is 13.6. The van der Waals surface area contributed by atoms with Gasteiger partial charge in [-0.25, -0.2) is 0 Å². The van der Waals surface area contributed by atoms with Crippen molar-refractivity contribution in [1.82, 2.24) is 0 Å². The summed E-state index contributed by atoms with van der Waals surface area (Å²) in [7, 11) is 0. The fourth-order valence-electron chi connectivity index (χ4n) is 8.72. The van der Waals surface area contributed by atoms with Gasteiger partial charge in [0.05, 0.1) is 19.3 Å². The lowest BCUT2D eigenvalue weighted by molar-refractivity contribution is -0.193. The molecule has 4 aliphatic carbocycles. The fraction of sp³-hybridized carbons (Fsp3) is 0.862. The van der Waals surface area contributed by atoms with E-state index in [0.717, 1.165) is 56.7 Å². The summed E-state index contributed by atoms with van der Waals surface area (Å²) < 4.78 is 12.8. The SMILES string of the molecule is CC(C)CCC1([C@@H](C)C2=CC[C@H]3[C@@H]4CC=C5C[C@@H](O)CC[C@]5(C)[C@H]4CC[C@]23C)OCCO1. The van der Waals surface area contributed by atoms with Crippen molar-refractivity contribution in [2.24, 2.45) is 40.4 Å². The van der Waals surface area contributed by atoms with Crippen LogP contribution in [0.2, 0.25) is 0 Å². The van der Waals surface area contributed by atoms with Crippen molar-refractivity contribution in [3.05, 3.63) is 23.3 Å². The molecule has 0 unspecified atom stereocenters. The molecule has 3 nitrogen and oxygen atoms in total. The highest BCUT2D eigenvalue weighted by Crippen LogP contribution is 2.66. The molecular weight excluding hydrogens is 396 g/mol. The Morgan fingerprint density at radius 2 is 1.69 bits per heavy atom. The number of aliphatic hydroxyl groups is 1. The Morgan fingerprint density at radius 1 is 0.969 bits per heavy atom. The average molecular weight is 443 g/mol. The fourth-order valence-corrected chi connectivity index (χ4v) is 8.72. The number of hydrogen-bond donors (Lipinski definition) is 1. The van der Waals surface area contributed by atoms with E-state index in [-0.39, 0.29) is 11.5 Å². The van der Waals surface area contributed by atoms with Crippen molar-refractivity contribution in [2.45, 2.75) is 104 Å². The number of rotatable bonds is 5. The van der Waals surface area contributed by atoms with Gasteiger partial charge in [-0.3, -0.25) is 0 Å². The van der Waals surface area contributed by atoms with Crippen molar-refractivity contribution in [2.75, 3.05) is 13.2 Å². The van der Waals surface area contributed by atoms with Crippen LogP contribution in [0.4, 0.5) is 0 Å².